The third-order valence-electron chi connectivity index (χ3n) is 7.59. The molecule has 3 N–H and O–H groups in total. The molecule has 4 aliphatic rings. The number of anilines is 1. The number of hydrogen-bond acceptors (Lipinski definition) is 7. The maximum Gasteiger partial charge on any atom is 0.243 e. The highest BCUT2D eigenvalue weighted by Crippen LogP contribution is 2.42. The largest absolute Gasteiger partial charge is 0.368 e. The van der Waals surface area contributed by atoms with Crippen molar-refractivity contribution in [2.75, 3.05) is 18.9 Å². The van der Waals surface area contributed by atoms with E-state index in [0.29, 0.717) is 24.4 Å². The number of hydrazine groups is 1. The van der Waals surface area contributed by atoms with Crippen molar-refractivity contribution in [3.8, 4) is 6.07 Å². The second kappa shape index (κ2) is 7.99. The van der Waals surface area contributed by atoms with Crippen molar-refractivity contribution in [2.45, 2.75) is 74.1 Å². The number of carbonyl (C=O) groups excluding carboxylic acids is 1. The molecule has 172 valence electrons. The summed E-state index contributed by atoms with van der Waals surface area (Å²) in [6, 6.07) is 7.69. The molecule has 1 aromatic rings. The van der Waals surface area contributed by atoms with Gasteiger partial charge in [-0.2, -0.15) is 9.57 Å². The molecule has 5 rings (SSSR count). The molecule has 32 heavy (non-hydrogen) atoms. The van der Waals surface area contributed by atoms with Gasteiger partial charge in [-0.25, -0.2) is 18.9 Å². The van der Waals surface area contributed by atoms with Crippen molar-refractivity contribution in [1.29, 1.82) is 5.26 Å². The molecule has 0 spiro atoms. The first kappa shape index (κ1) is 21.6. The van der Waals surface area contributed by atoms with Crippen LogP contribution in [-0.2, 0) is 21.4 Å². The summed E-state index contributed by atoms with van der Waals surface area (Å²) >= 11 is 0. The monoisotopic (exact) mass is 458 g/mol. The maximum atomic E-state index is 12.9. The molecule has 1 aromatic carbocycles. The van der Waals surface area contributed by atoms with E-state index < -0.39 is 10.0 Å². The van der Waals surface area contributed by atoms with Crippen LogP contribution in [0, 0.1) is 17.2 Å². The molecule has 0 radical (unpaired) electrons. The van der Waals surface area contributed by atoms with Crippen LogP contribution in [0.5, 0.6) is 0 Å². The van der Waals surface area contributed by atoms with Gasteiger partial charge in [-0.05, 0) is 43.0 Å². The third kappa shape index (κ3) is 3.39. The second-order valence-corrected chi connectivity index (χ2v) is 11.5. The molecule has 1 aliphatic carbocycles. The molecule has 0 bridgehead atoms. The standard InChI is InChI=1S/C22H30N6O3S/c1-27-14-15-13-16(5-6-18(15)32(27,30)31)25-20-19-17(7-12-24-21(19)29)28(26-20)22(10-11-23)8-3-2-4-9-22/h5-6,13,17,19-20,25-26H,2-4,7-10,12,14H2,1H3,(H,24,29). The summed E-state index contributed by atoms with van der Waals surface area (Å²) in [7, 11) is -1.83. The fourth-order valence-corrected chi connectivity index (χ4v) is 7.33. The Morgan fingerprint density at radius 1 is 1.28 bits per heavy atom. The lowest BCUT2D eigenvalue weighted by Gasteiger charge is -2.46. The van der Waals surface area contributed by atoms with E-state index >= 15 is 0 Å². The normalized spacial score (nSPS) is 31.4. The van der Waals surface area contributed by atoms with Crippen LogP contribution in [0.2, 0.25) is 0 Å². The molecule has 0 aromatic heterocycles. The Morgan fingerprint density at radius 3 is 2.81 bits per heavy atom. The van der Waals surface area contributed by atoms with Crippen molar-refractivity contribution in [3.05, 3.63) is 23.8 Å². The lowest BCUT2D eigenvalue weighted by Crippen LogP contribution is -2.59. The number of carbonyl (C=O) groups is 1. The highest BCUT2D eigenvalue weighted by Gasteiger charge is 2.54. The quantitative estimate of drug-likeness (QED) is 0.626. The van der Waals surface area contributed by atoms with Crippen LogP contribution in [-0.4, -0.2) is 55.0 Å². The third-order valence-corrected chi connectivity index (χ3v) is 9.50. The Balaban J connectivity index is 1.44. The highest BCUT2D eigenvalue weighted by molar-refractivity contribution is 7.89. The Kier molecular flexibility index (Phi) is 5.40. The smallest absolute Gasteiger partial charge is 0.243 e. The Morgan fingerprint density at radius 2 is 2.06 bits per heavy atom. The van der Waals surface area contributed by atoms with Crippen LogP contribution >= 0.6 is 0 Å². The van der Waals surface area contributed by atoms with Gasteiger partial charge in [0, 0.05) is 37.4 Å². The van der Waals surface area contributed by atoms with Crippen molar-refractivity contribution < 1.29 is 13.2 Å². The van der Waals surface area contributed by atoms with Crippen LogP contribution in [0.15, 0.2) is 23.1 Å². The number of nitriles is 1. The van der Waals surface area contributed by atoms with Gasteiger partial charge in [0.1, 0.15) is 6.17 Å². The minimum absolute atomic E-state index is 0.0140. The molecule has 3 aliphatic heterocycles. The number of fused-ring (bicyclic) bond motifs is 2. The van der Waals surface area contributed by atoms with Gasteiger partial charge in [-0.15, -0.1) is 0 Å². The molecule has 1 amide bonds. The fourth-order valence-electron chi connectivity index (χ4n) is 5.99. The lowest BCUT2D eigenvalue weighted by atomic mass is 9.77. The zero-order valence-electron chi connectivity index (χ0n) is 18.3. The molecule has 3 atom stereocenters. The summed E-state index contributed by atoms with van der Waals surface area (Å²) in [5, 5.41) is 18.3. The fraction of sp³-hybridized carbons (Fsp3) is 0.636. The number of sulfonamides is 1. The molecule has 3 heterocycles. The Labute approximate surface area is 189 Å². The molecule has 9 nitrogen and oxygen atoms in total. The predicted molar refractivity (Wildman–Crippen MR) is 118 cm³/mol. The van der Waals surface area contributed by atoms with Gasteiger partial charge in [0.2, 0.25) is 15.9 Å². The van der Waals surface area contributed by atoms with E-state index in [9.17, 15) is 18.5 Å². The van der Waals surface area contributed by atoms with E-state index in [1.165, 1.54) is 10.7 Å². The number of amides is 1. The molecule has 10 heteroatoms. The van der Waals surface area contributed by atoms with Gasteiger partial charge in [0.05, 0.1) is 23.3 Å². The highest BCUT2D eigenvalue weighted by atomic mass is 32.2. The van der Waals surface area contributed by atoms with Crippen molar-refractivity contribution in [2.24, 2.45) is 5.92 Å². The van der Waals surface area contributed by atoms with Gasteiger partial charge < -0.3 is 10.6 Å². The van der Waals surface area contributed by atoms with E-state index in [-0.39, 0.29) is 29.6 Å². The first-order valence-electron chi connectivity index (χ1n) is 11.4. The van der Waals surface area contributed by atoms with Gasteiger partial charge in [0.15, 0.2) is 0 Å². The molecule has 3 unspecified atom stereocenters. The van der Waals surface area contributed by atoms with Crippen molar-refractivity contribution in [3.63, 3.8) is 0 Å². The van der Waals surface area contributed by atoms with Gasteiger partial charge in [-0.1, -0.05) is 19.3 Å². The van der Waals surface area contributed by atoms with E-state index in [4.69, 9.17) is 0 Å². The van der Waals surface area contributed by atoms with Gasteiger partial charge in [-0.3, -0.25) is 4.79 Å². The first-order valence-corrected chi connectivity index (χ1v) is 12.9. The van der Waals surface area contributed by atoms with Gasteiger partial charge >= 0.3 is 0 Å². The van der Waals surface area contributed by atoms with Crippen LogP contribution in [0.1, 0.15) is 50.5 Å². The van der Waals surface area contributed by atoms with Gasteiger partial charge in [0.25, 0.3) is 0 Å². The summed E-state index contributed by atoms with van der Waals surface area (Å²) in [6.07, 6.45) is 6.23. The minimum Gasteiger partial charge on any atom is -0.368 e. The average Bonchev–Trinajstić information content (AvgIpc) is 3.25. The summed E-state index contributed by atoms with van der Waals surface area (Å²) in [5.41, 5.74) is 4.87. The zero-order chi connectivity index (χ0) is 22.5. The van der Waals surface area contributed by atoms with Crippen molar-refractivity contribution >= 4 is 21.6 Å². The zero-order valence-corrected chi connectivity index (χ0v) is 19.1. The second-order valence-electron chi connectivity index (χ2n) is 9.50. The maximum absolute atomic E-state index is 12.9. The Hall–Kier alpha value is -2.19. The molecule has 1 saturated carbocycles. The lowest BCUT2D eigenvalue weighted by molar-refractivity contribution is -0.128. The van der Waals surface area contributed by atoms with Crippen molar-refractivity contribution in [1.82, 2.24) is 20.1 Å². The van der Waals surface area contributed by atoms with Crippen LogP contribution in [0.25, 0.3) is 0 Å². The number of nitrogens with one attached hydrogen (secondary N) is 3. The SMILES string of the molecule is CN1Cc2cc(NC3NN(C4(CC#N)CCCCC4)C4CCNC(=O)C34)ccc2S1(=O)=O. The predicted octanol–water partition coefficient (Wildman–Crippen LogP) is 1.50. The van der Waals surface area contributed by atoms with Crippen LogP contribution in [0.4, 0.5) is 5.69 Å². The Bertz CT molecular complexity index is 1060. The number of piperidine rings is 1. The van der Waals surface area contributed by atoms with E-state index in [1.54, 1.807) is 19.2 Å². The first-order chi connectivity index (χ1) is 15.4. The topological polar surface area (TPSA) is 118 Å². The average molecular weight is 459 g/mol. The number of nitrogens with zero attached hydrogens (tertiary/aromatic N) is 3. The molecular weight excluding hydrogens is 428 g/mol. The number of hydrogen-bond donors (Lipinski definition) is 3. The summed E-state index contributed by atoms with van der Waals surface area (Å²) in [6.45, 7) is 0.978. The summed E-state index contributed by atoms with van der Waals surface area (Å²) in [5.74, 6) is -0.277. The minimum atomic E-state index is -3.41. The molecule has 3 fully saturated rings. The van der Waals surface area contributed by atoms with E-state index in [0.717, 1.165) is 43.4 Å². The molecular formula is C22H30N6O3S. The summed E-state index contributed by atoms with van der Waals surface area (Å²) in [4.78, 5) is 13.3. The van der Waals surface area contributed by atoms with E-state index in [2.05, 4.69) is 27.1 Å². The van der Waals surface area contributed by atoms with Crippen LogP contribution in [0.3, 0.4) is 0 Å². The number of benzene rings is 1. The molecule has 2 saturated heterocycles. The summed E-state index contributed by atoms with van der Waals surface area (Å²) < 4.78 is 26.1. The number of rotatable bonds is 4. The van der Waals surface area contributed by atoms with Crippen LogP contribution < -0.4 is 16.1 Å². The van der Waals surface area contributed by atoms with E-state index in [1.807, 2.05) is 6.07 Å².